The summed E-state index contributed by atoms with van der Waals surface area (Å²) in [7, 11) is 0. The van der Waals surface area contributed by atoms with Crippen LogP contribution in [0.5, 0.6) is 0 Å². The molecule has 0 spiro atoms. The van der Waals surface area contributed by atoms with E-state index in [1.54, 1.807) is 18.4 Å². The first-order valence-corrected chi connectivity index (χ1v) is 6.18. The highest BCUT2D eigenvalue weighted by atomic mass is 35.5. The first-order chi connectivity index (χ1) is 7.63. The van der Waals surface area contributed by atoms with Crippen LogP contribution in [0.1, 0.15) is 11.5 Å². The van der Waals surface area contributed by atoms with E-state index in [1.165, 1.54) is 11.8 Å². The number of nitrogens with zero attached hydrogens (tertiary/aromatic N) is 1. The summed E-state index contributed by atoms with van der Waals surface area (Å²) < 4.78 is 0. The van der Waals surface area contributed by atoms with Crippen LogP contribution in [0.15, 0.2) is 22.1 Å². The molecular weight excluding hydrogens is 267 g/mol. The quantitative estimate of drug-likeness (QED) is 0.398. The first-order valence-electron chi connectivity index (χ1n) is 4.20. The van der Waals surface area contributed by atoms with E-state index in [0.29, 0.717) is 15.6 Å². The number of rotatable bonds is 4. The van der Waals surface area contributed by atoms with Crippen LogP contribution in [0.25, 0.3) is 0 Å². The zero-order valence-corrected chi connectivity index (χ0v) is 10.7. The van der Waals surface area contributed by atoms with Gasteiger partial charge in [-0.2, -0.15) is 5.10 Å². The zero-order valence-electron chi connectivity index (χ0n) is 8.33. The maximum Gasteiger partial charge on any atom is 0.213 e. The maximum atomic E-state index is 10.7. The molecular formula is C10H8Cl2N2OS. The molecule has 1 aromatic rings. The Labute approximate surface area is 108 Å². The van der Waals surface area contributed by atoms with Gasteiger partial charge in [-0.25, -0.2) is 0 Å². The Kier molecular flexibility index (Phi) is 5.12. The highest BCUT2D eigenvalue weighted by Crippen LogP contribution is 2.35. The monoisotopic (exact) mass is 274 g/mol. The number of halogens is 2. The molecule has 6 heteroatoms. The Hall–Kier alpha value is -0.710. The summed E-state index contributed by atoms with van der Waals surface area (Å²) in [5, 5.41) is 4.14. The summed E-state index contributed by atoms with van der Waals surface area (Å²) in [4.78, 5) is 11.4. The summed E-state index contributed by atoms with van der Waals surface area (Å²) in [6, 6.07) is 3.26. The number of hydrogen-bond acceptors (Lipinski definition) is 4. The van der Waals surface area contributed by atoms with Gasteiger partial charge in [0.25, 0.3) is 0 Å². The standard InChI is InChI=1S/C10H8Cl2N2OS/c1-16-10-8(11)2-6(3-9(10)12)7(5-15)4-14-13/h2-3,7H,13H2,1H3. The minimum Gasteiger partial charge on any atom is -0.323 e. The van der Waals surface area contributed by atoms with Gasteiger partial charge in [0.1, 0.15) is 0 Å². The number of benzene rings is 1. The molecule has 0 saturated carbocycles. The smallest absolute Gasteiger partial charge is 0.213 e. The van der Waals surface area contributed by atoms with Crippen molar-refractivity contribution in [2.45, 2.75) is 10.8 Å². The fraction of sp³-hybridized carbons (Fsp3) is 0.200. The second kappa shape index (κ2) is 6.13. The third-order valence-corrected chi connectivity index (χ3v) is 3.55. The molecule has 84 valence electrons. The van der Waals surface area contributed by atoms with Gasteiger partial charge in [-0.15, -0.1) is 11.8 Å². The fourth-order valence-electron chi connectivity index (χ4n) is 1.18. The van der Waals surface area contributed by atoms with Crippen molar-refractivity contribution in [2.24, 2.45) is 10.9 Å². The molecule has 1 unspecified atom stereocenters. The summed E-state index contributed by atoms with van der Waals surface area (Å²) in [5.41, 5.74) is 0.567. The Morgan fingerprint density at radius 1 is 1.44 bits per heavy atom. The van der Waals surface area contributed by atoms with Crippen molar-refractivity contribution in [3.05, 3.63) is 27.7 Å². The molecule has 1 atom stereocenters. The summed E-state index contributed by atoms with van der Waals surface area (Å²) in [5.74, 6) is 4.17. The number of carbonyl (C=O) groups excluding carboxylic acids is 1. The van der Waals surface area contributed by atoms with Crippen molar-refractivity contribution in [1.29, 1.82) is 0 Å². The number of nitrogens with two attached hydrogens (primary N) is 1. The van der Waals surface area contributed by atoms with Crippen molar-refractivity contribution in [3.63, 3.8) is 0 Å². The minimum atomic E-state index is -0.768. The first kappa shape index (κ1) is 13.4. The van der Waals surface area contributed by atoms with Gasteiger partial charge in [-0.05, 0) is 24.0 Å². The lowest BCUT2D eigenvalue weighted by molar-refractivity contribution is 0.552. The fourth-order valence-corrected chi connectivity index (χ4v) is 2.66. The molecule has 2 N–H and O–H groups in total. The van der Waals surface area contributed by atoms with E-state index in [-0.39, 0.29) is 0 Å². The van der Waals surface area contributed by atoms with Crippen LogP contribution < -0.4 is 5.84 Å². The Balaban J connectivity index is 3.21. The third-order valence-electron chi connectivity index (χ3n) is 1.88. The lowest BCUT2D eigenvalue weighted by Crippen LogP contribution is -2.03. The van der Waals surface area contributed by atoms with Gasteiger partial charge in [0.05, 0.1) is 22.2 Å². The Morgan fingerprint density at radius 3 is 2.38 bits per heavy atom. The molecule has 0 aliphatic carbocycles. The molecule has 0 heterocycles. The van der Waals surface area contributed by atoms with Crippen molar-refractivity contribution >= 4 is 47.5 Å². The molecule has 2 radical (unpaired) electrons. The van der Waals surface area contributed by atoms with E-state index >= 15 is 0 Å². The van der Waals surface area contributed by atoms with Crippen LogP contribution in [0, 0.1) is 0 Å². The molecule has 0 aliphatic heterocycles. The van der Waals surface area contributed by atoms with Crippen molar-refractivity contribution in [1.82, 2.24) is 0 Å². The van der Waals surface area contributed by atoms with Crippen molar-refractivity contribution < 1.29 is 4.79 Å². The number of hydrogen-bond donors (Lipinski definition) is 1. The van der Waals surface area contributed by atoms with E-state index in [9.17, 15) is 4.79 Å². The van der Waals surface area contributed by atoms with E-state index in [1.807, 2.05) is 6.26 Å². The van der Waals surface area contributed by atoms with E-state index < -0.39 is 5.92 Å². The Bertz CT molecular complexity index is 400. The highest BCUT2D eigenvalue weighted by molar-refractivity contribution is 7.98. The van der Waals surface area contributed by atoms with Crippen LogP contribution in [-0.2, 0) is 4.79 Å². The van der Waals surface area contributed by atoms with Gasteiger partial charge >= 0.3 is 0 Å². The van der Waals surface area contributed by atoms with Gasteiger partial charge in [0.15, 0.2) is 0 Å². The highest BCUT2D eigenvalue weighted by Gasteiger charge is 2.14. The van der Waals surface area contributed by atoms with Crippen LogP contribution in [0.2, 0.25) is 10.0 Å². The predicted octanol–water partition coefficient (Wildman–Crippen LogP) is 2.73. The molecule has 0 fully saturated rings. The van der Waals surface area contributed by atoms with Crippen molar-refractivity contribution in [3.8, 4) is 0 Å². The molecule has 0 aromatic heterocycles. The van der Waals surface area contributed by atoms with E-state index in [2.05, 4.69) is 11.3 Å². The minimum absolute atomic E-state index is 0.481. The van der Waals surface area contributed by atoms with Crippen molar-refractivity contribution in [2.75, 3.05) is 6.26 Å². The molecule has 0 amide bonds. The lowest BCUT2D eigenvalue weighted by Gasteiger charge is -2.09. The molecule has 1 rings (SSSR count). The average Bonchev–Trinajstić information content (AvgIpc) is 2.25. The molecule has 0 saturated heterocycles. The summed E-state index contributed by atoms with van der Waals surface area (Å²) >= 11 is 13.5. The SMILES string of the molecule is CSc1c(Cl)cc(C([C]=O)/[C]=N\N)cc1Cl. The Morgan fingerprint density at radius 2 is 2.00 bits per heavy atom. The largest absolute Gasteiger partial charge is 0.323 e. The van der Waals surface area contributed by atoms with E-state index in [0.717, 1.165) is 4.90 Å². The maximum absolute atomic E-state index is 10.7. The average molecular weight is 275 g/mol. The lowest BCUT2D eigenvalue weighted by atomic mass is 10.0. The molecule has 16 heavy (non-hydrogen) atoms. The van der Waals surface area contributed by atoms with Crippen LogP contribution in [-0.4, -0.2) is 18.8 Å². The number of hydrazone groups is 1. The summed E-state index contributed by atoms with van der Waals surface area (Å²) in [6.07, 6.45) is 6.01. The third kappa shape index (κ3) is 2.90. The predicted molar refractivity (Wildman–Crippen MR) is 68.3 cm³/mol. The normalized spacial score (nSPS) is 12.9. The molecule has 0 bridgehead atoms. The number of thioether (sulfide) groups is 1. The van der Waals surface area contributed by atoms with Crippen LogP contribution in [0.3, 0.4) is 0 Å². The van der Waals surface area contributed by atoms with Crippen LogP contribution in [0.4, 0.5) is 0 Å². The second-order valence-electron chi connectivity index (χ2n) is 2.83. The van der Waals surface area contributed by atoms with Gasteiger partial charge in [0, 0.05) is 4.90 Å². The second-order valence-corrected chi connectivity index (χ2v) is 4.46. The van der Waals surface area contributed by atoms with Crippen LogP contribution >= 0.6 is 35.0 Å². The van der Waals surface area contributed by atoms with Gasteiger partial charge in [0.2, 0.25) is 6.29 Å². The molecule has 0 aliphatic rings. The van der Waals surface area contributed by atoms with Gasteiger partial charge in [-0.1, -0.05) is 23.2 Å². The topological polar surface area (TPSA) is 55.5 Å². The molecule has 3 nitrogen and oxygen atoms in total. The zero-order chi connectivity index (χ0) is 12.1. The van der Waals surface area contributed by atoms with Gasteiger partial charge < -0.3 is 5.84 Å². The van der Waals surface area contributed by atoms with Gasteiger partial charge in [-0.3, -0.25) is 4.79 Å². The van der Waals surface area contributed by atoms with E-state index in [4.69, 9.17) is 29.0 Å². The summed E-state index contributed by atoms with van der Waals surface area (Å²) in [6.45, 7) is 0. The molecule has 1 aromatic carbocycles.